The molecule has 2 fully saturated rings. The molecule has 0 radical (unpaired) electrons. The first-order valence-electron chi connectivity index (χ1n) is 4.72. The Bertz CT molecular complexity index is 239. The smallest absolute Gasteiger partial charge is 0.407 e. The molecule has 1 amide bonds. The molecule has 2 heterocycles. The third-order valence-electron chi connectivity index (χ3n) is 2.81. The number of carbonyl (C=O) groups is 1. The minimum absolute atomic E-state index is 0.0312. The molecular formula is C8H14N2O3S. The van der Waals surface area contributed by atoms with Gasteiger partial charge in [0.05, 0.1) is 12.6 Å². The minimum atomic E-state index is -0.861. The van der Waals surface area contributed by atoms with Crippen LogP contribution in [0.5, 0.6) is 0 Å². The van der Waals surface area contributed by atoms with Crippen LogP contribution in [0.4, 0.5) is 4.79 Å². The molecule has 2 aliphatic heterocycles. The number of aliphatic hydroxyl groups is 1. The van der Waals surface area contributed by atoms with E-state index in [1.54, 1.807) is 11.9 Å². The lowest BCUT2D eigenvalue weighted by Crippen LogP contribution is -2.60. The Labute approximate surface area is 86.8 Å². The molecule has 5 nitrogen and oxygen atoms in total. The molecular weight excluding hydrogens is 204 g/mol. The molecule has 2 bridgehead atoms. The van der Waals surface area contributed by atoms with E-state index in [2.05, 4.69) is 4.31 Å². The van der Waals surface area contributed by atoms with Crippen LogP contribution in [0.3, 0.4) is 0 Å². The third kappa shape index (κ3) is 1.69. The van der Waals surface area contributed by atoms with Gasteiger partial charge >= 0.3 is 6.09 Å². The Balaban J connectivity index is 2.10. The van der Waals surface area contributed by atoms with Crippen molar-refractivity contribution in [1.29, 1.82) is 0 Å². The van der Waals surface area contributed by atoms with Crippen molar-refractivity contribution >= 4 is 18.0 Å². The van der Waals surface area contributed by atoms with Gasteiger partial charge in [-0.05, 0) is 6.42 Å². The van der Waals surface area contributed by atoms with E-state index in [1.807, 2.05) is 0 Å². The van der Waals surface area contributed by atoms with E-state index >= 15 is 0 Å². The monoisotopic (exact) mass is 218 g/mol. The largest absolute Gasteiger partial charge is 0.465 e. The van der Waals surface area contributed by atoms with Crippen molar-refractivity contribution < 1.29 is 15.0 Å². The molecule has 0 aromatic carbocycles. The maximum atomic E-state index is 10.9. The molecule has 14 heavy (non-hydrogen) atoms. The lowest BCUT2D eigenvalue weighted by Gasteiger charge is -2.47. The highest BCUT2D eigenvalue weighted by Crippen LogP contribution is 2.30. The van der Waals surface area contributed by atoms with Crippen molar-refractivity contribution in [1.82, 2.24) is 9.21 Å². The lowest BCUT2D eigenvalue weighted by atomic mass is 10.1. The maximum absolute atomic E-state index is 10.9. The molecule has 2 saturated heterocycles. The van der Waals surface area contributed by atoms with Crippen molar-refractivity contribution in [2.45, 2.75) is 18.5 Å². The SMILES string of the molecule is O=C(O)N1CC(CO)N2CC1CCS2. The van der Waals surface area contributed by atoms with Gasteiger partial charge in [0.15, 0.2) is 0 Å². The number of fused-ring (bicyclic) bond motifs is 2. The summed E-state index contributed by atoms with van der Waals surface area (Å²) in [6.45, 7) is 1.22. The summed E-state index contributed by atoms with van der Waals surface area (Å²) < 4.78 is 2.12. The first-order valence-corrected chi connectivity index (χ1v) is 5.66. The zero-order chi connectivity index (χ0) is 10.1. The van der Waals surface area contributed by atoms with Crippen LogP contribution in [-0.4, -0.2) is 63.0 Å². The second-order valence-corrected chi connectivity index (χ2v) is 4.78. The minimum Gasteiger partial charge on any atom is -0.465 e. The van der Waals surface area contributed by atoms with Gasteiger partial charge in [-0.25, -0.2) is 9.10 Å². The van der Waals surface area contributed by atoms with Crippen LogP contribution in [0.15, 0.2) is 0 Å². The zero-order valence-corrected chi connectivity index (χ0v) is 8.61. The van der Waals surface area contributed by atoms with E-state index in [9.17, 15) is 4.79 Å². The van der Waals surface area contributed by atoms with Gasteiger partial charge in [0.2, 0.25) is 0 Å². The van der Waals surface area contributed by atoms with Crippen molar-refractivity contribution in [2.75, 3.05) is 25.4 Å². The molecule has 6 heteroatoms. The number of nitrogens with zero attached hydrogens (tertiary/aromatic N) is 2. The Hall–Kier alpha value is -0.460. The highest BCUT2D eigenvalue weighted by molar-refractivity contribution is 7.97. The predicted molar refractivity (Wildman–Crippen MR) is 53.2 cm³/mol. The molecule has 2 aliphatic rings. The van der Waals surface area contributed by atoms with Crippen molar-refractivity contribution in [3.63, 3.8) is 0 Å². The number of rotatable bonds is 1. The van der Waals surface area contributed by atoms with Crippen molar-refractivity contribution in [2.24, 2.45) is 0 Å². The number of aliphatic hydroxyl groups excluding tert-OH is 1. The Kier molecular flexibility index (Phi) is 2.85. The number of piperazine rings is 1. The van der Waals surface area contributed by atoms with E-state index < -0.39 is 6.09 Å². The Morgan fingerprint density at radius 1 is 1.50 bits per heavy atom. The predicted octanol–water partition coefficient (Wildman–Crippen LogP) is 0.0634. The molecule has 3 atom stereocenters. The fraction of sp³-hybridized carbons (Fsp3) is 0.875. The van der Waals surface area contributed by atoms with E-state index in [0.717, 1.165) is 18.7 Å². The first kappa shape index (κ1) is 10.1. The summed E-state index contributed by atoms with van der Waals surface area (Å²) in [7, 11) is 0. The molecule has 80 valence electrons. The molecule has 0 aromatic heterocycles. The van der Waals surface area contributed by atoms with Crippen LogP contribution in [0, 0.1) is 0 Å². The van der Waals surface area contributed by atoms with E-state index in [4.69, 9.17) is 10.2 Å². The van der Waals surface area contributed by atoms with Gasteiger partial charge in [-0.2, -0.15) is 0 Å². The fourth-order valence-electron chi connectivity index (χ4n) is 2.02. The van der Waals surface area contributed by atoms with Gasteiger partial charge in [-0.15, -0.1) is 0 Å². The summed E-state index contributed by atoms with van der Waals surface area (Å²) in [4.78, 5) is 12.4. The van der Waals surface area contributed by atoms with E-state index in [1.165, 1.54) is 4.90 Å². The normalized spacial score (nSPS) is 36.9. The van der Waals surface area contributed by atoms with Crippen LogP contribution >= 0.6 is 11.9 Å². The molecule has 0 aliphatic carbocycles. The summed E-state index contributed by atoms with van der Waals surface area (Å²) in [5.74, 6) is 0.949. The van der Waals surface area contributed by atoms with Crippen LogP contribution in [0.2, 0.25) is 0 Å². The molecule has 0 saturated carbocycles. The second kappa shape index (κ2) is 3.96. The molecule has 3 unspecified atom stereocenters. The molecule has 2 N–H and O–H groups in total. The van der Waals surface area contributed by atoms with E-state index in [0.29, 0.717) is 6.54 Å². The summed E-state index contributed by atoms with van der Waals surface area (Å²) in [5.41, 5.74) is 0. The Morgan fingerprint density at radius 3 is 2.93 bits per heavy atom. The van der Waals surface area contributed by atoms with Gasteiger partial charge in [0.25, 0.3) is 0 Å². The van der Waals surface area contributed by atoms with Crippen LogP contribution < -0.4 is 0 Å². The molecule has 2 rings (SSSR count). The average molecular weight is 218 g/mol. The lowest BCUT2D eigenvalue weighted by molar-refractivity contribution is 0.0475. The quantitative estimate of drug-likeness (QED) is 0.609. The Morgan fingerprint density at radius 2 is 2.29 bits per heavy atom. The number of amides is 1. The second-order valence-electron chi connectivity index (χ2n) is 3.65. The molecule has 0 spiro atoms. The van der Waals surface area contributed by atoms with Gasteiger partial charge < -0.3 is 15.1 Å². The molecule has 0 aromatic rings. The standard InChI is InChI=1S/C8H14N2O3S/c11-5-7-3-9(8(12)13)6-1-2-14-10(7)4-6/h6-7,11H,1-5H2,(H,12,13). The van der Waals surface area contributed by atoms with E-state index in [-0.39, 0.29) is 18.7 Å². The fourth-order valence-corrected chi connectivity index (χ4v) is 3.25. The maximum Gasteiger partial charge on any atom is 0.407 e. The highest BCUT2D eigenvalue weighted by atomic mass is 32.2. The van der Waals surface area contributed by atoms with Gasteiger partial charge in [-0.1, -0.05) is 11.9 Å². The topological polar surface area (TPSA) is 64.0 Å². The van der Waals surface area contributed by atoms with Crippen molar-refractivity contribution in [3.8, 4) is 0 Å². The number of hydrogen-bond acceptors (Lipinski definition) is 4. The van der Waals surface area contributed by atoms with Crippen LogP contribution in [-0.2, 0) is 0 Å². The summed E-state index contributed by atoms with van der Waals surface area (Å²) in [6, 6.07) is 0.0872. The first-order chi connectivity index (χ1) is 6.72. The highest BCUT2D eigenvalue weighted by Gasteiger charge is 2.38. The number of carboxylic acid groups (broad SMARTS) is 1. The average Bonchev–Trinajstić information content (AvgIpc) is 2.18. The van der Waals surface area contributed by atoms with Crippen LogP contribution in [0.1, 0.15) is 6.42 Å². The third-order valence-corrected chi connectivity index (χ3v) is 4.01. The van der Waals surface area contributed by atoms with Crippen molar-refractivity contribution in [3.05, 3.63) is 0 Å². The zero-order valence-electron chi connectivity index (χ0n) is 7.80. The summed E-state index contributed by atoms with van der Waals surface area (Å²) in [6.07, 6.45) is 0.0611. The van der Waals surface area contributed by atoms with Gasteiger partial charge in [0, 0.05) is 24.9 Å². The number of hydrogen-bond donors (Lipinski definition) is 2. The van der Waals surface area contributed by atoms with Gasteiger partial charge in [0.1, 0.15) is 0 Å². The summed E-state index contributed by atoms with van der Waals surface area (Å²) >= 11 is 1.72. The van der Waals surface area contributed by atoms with Gasteiger partial charge in [-0.3, -0.25) is 0 Å². The summed E-state index contributed by atoms with van der Waals surface area (Å²) in [5, 5.41) is 18.1. The van der Waals surface area contributed by atoms with Crippen LogP contribution in [0.25, 0.3) is 0 Å².